The molecule has 0 fully saturated rings. The van der Waals surface area contributed by atoms with Crippen molar-refractivity contribution >= 4 is 17.9 Å². The zero-order chi connectivity index (χ0) is 55.0. The number of unbranched alkanes of at least 4 members (excludes halogenated alkanes) is 34. The minimum atomic E-state index is -0.798. The molecule has 0 saturated carbocycles. The molecule has 0 rings (SSSR count). The first-order chi connectivity index (χ1) is 37.5. The molecule has 6 nitrogen and oxygen atoms in total. The maximum Gasteiger partial charge on any atom is 0.306 e. The Labute approximate surface area is 471 Å². The first-order valence-corrected chi connectivity index (χ1v) is 32.6. The van der Waals surface area contributed by atoms with E-state index in [0.717, 1.165) is 89.9 Å². The van der Waals surface area contributed by atoms with Gasteiger partial charge in [-0.15, -0.1) is 0 Å². The van der Waals surface area contributed by atoms with E-state index in [1.807, 2.05) is 0 Å². The molecule has 76 heavy (non-hydrogen) atoms. The molecule has 0 aliphatic rings. The second-order valence-corrected chi connectivity index (χ2v) is 21.7. The van der Waals surface area contributed by atoms with Crippen molar-refractivity contribution in [2.75, 3.05) is 13.2 Å². The summed E-state index contributed by atoms with van der Waals surface area (Å²) in [5.74, 6) is -0.935. The lowest BCUT2D eigenvalue weighted by Gasteiger charge is -2.18. The lowest BCUT2D eigenvalue weighted by atomic mass is 10.0. The number of carbonyl (C=O) groups is 3. The van der Waals surface area contributed by atoms with Crippen LogP contribution in [0.15, 0.2) is 85.1 Å². The Kier molecular flexibility index (Phi) is 61.2. The quantitative estimate of drug-likeness (QED) is 0.0261. The van der Waals surface area contributed by atoms with E-state index in [-0.39, 0.29) is 37.5 Å². The fraction of sp³-hybridized carbons (Fsp3) is 0.757. The zero-order valence-corrected chi connectivity index (χ0v) is 50.3. The Morgan fingerprint density at radius 2 is 0.513 bits per heavy atom. The highest BCUT2D eigenvalue weighted by molar-refractivity contribution is 5.71. The maximum absolute atomic E-state index is 12.9. The fourth-order valence-corrected chi connectivity index (χ4v) is 9.32. The van der Waals surface area contributed by atoms with Gasteiger partial charge in [0.1, 0.15) is 13.2 Å². The molecule has 0 spiro atoms. The third-order valence-electron chi connectivity index (χ3n) is 14.2. The van der Waals surface area contributed by atoms with Crippen LogP contribution in [-0.4, -0.2) is 37.2 Å². The van der Waals surface area contributed by atoms with E-state index < -0.39 is 6.10 Å². The van der Waals surface area contributed by atoms with Crippen molar-refractivity contribution in [3.05, 3.63) is 85.1 Å². The molecule has 0 bridgehead atoms. The predicted molar refractivity (Wildman–Crippen MR) is 330 cm³/mol. The number of carbonyl (C=O) groups excluding carboxylic acids is 3. The molecule has 0 aromatic heterocycles. The van der Waals surface area contributed by atoms with Crippen LogP contribution in [0, 0.1) is 0 Å². The van der Waals surface area contributed by atoms with Gasteiger partial charge in [-0.1, -0.05) is 318 Å². The minimum Gasteiger partial charge on any atom is -0.462 e. The van der Waals surface area contributed by atoms with Crippen LogP contribution in [0.2, 0.25) is 0 Å². The van der Waals surface area contributed by atoms with E-state index in [2.05, 4.69) is 106 Å². The number of esters is 3. The van der Waals surface area contributed by atoms with Gasteiger partial charge in [0, 0.05) is 19.3 Å². The monoisotopic (exact) mass is 1060 g/mol. The van der Waals surface area contributed by atoms with Crippen molar-refractivity contribution in [1.82, 2.24) is 0 Å². The first kappa shape index (κ1) is 72.6. The largest absolute Gasteiger partial charge is 0.462 e. The molecule has 0 radical (unpaired) electrons. The molecule has 0 heterocycles. The van der Waals surface area contributed by atoms with Crippen molar-refractivity contribution in [2.24, 2.45) is 0 Å². The summed E-state index contributed by atoms with van der Waals surface area (Å²) in [6, 6.07) is 0. The molecular formula is C70H122O6. The van der Waals surface area contributed by atoms with Crippen molar-refractivity contribution in [3.8, 4) is 0 Å². The van der Waals surface area contributed by atoms with Crippen LogP contribution < -0.4 is 0 Å². The Morgan fingerprint density at radius 3 is 0.803 bits per heavy atom. The standard InChI is InChI=1S/C70H122O6/c1-4-7-10-13-16-19-22-25-28-30-32-34-35-37-38-40-42-45-48-51-54-57-60-63-69(72)75-66-67(65-74-68(71)62-59-56-53-50-47-44-27-24-21-18-15-12-9-6-3)76-70(73)64-61-58-55-52-49-46-43-41-39-36-33-31-29-26-23-20-17-14-11-8-5-2/h7,10,16,19,25,28,32,34,37-38,42,45,51,54,67H,4-6,8-9,11-15,17-18,20-24,26-27,29-31,33,35-36,39-41,43-44,46-50,52-53,55-66H2,1-3H3/b10-7-,19-16-,28-25-,34-32-,38-37-,45-42-,54-51-. The Morgan fingerprint density at radius 1 is 0.276 bits per heavy atom. The van der Waals surface area contributed by atoms with Crippen LogP contribution >= 0.6 is 0 Å². The van der Waals surface area contributed by atoms with Gasteiger partial charge < -0.3 is 14.2 Å². The summed E-state index contributed by atoms with van der Waals surface area (Å²) >= 11 is 0. The first-order valence-electron chi connectivity index (χ1n) is 32.6. The average Bonchev–Trinajstić information content (AvgIpc) is 3.42. The molecule has 0 amide bonds. The number of rotatable bonds is 59. The highest BCUT2D eigenvalue weighted by atomic mass is 16.6. The molecule has 0 aromatic carbocycles. The highest BCUT2D eigenvalue weighted by Gasteiger charge is 2.19. The zero-order valence-electron chi connectivity index (χ0n) is 50.3. The second-order valence-electron chi connectivity index (χ2n) is 21.7. The van der Waals surface area contributed by atoms with E-state index in [1.165, 1.54) is 186 Å². The fourth-order valence-electron chi connectivity index (χ4n) is 9.32. The SMILES string of the molecule is CC/C=C\C/C=C\C/C=C\C/C=C\C/C=C\C/C=C\C/C=C\CCCC(=O)OCC(COC(=O)CCCCCCCCCCCCCCCC)OC(=O)CCCCCCCCCCCCCCCCCCCCCCC. The summed E-state index contributed by atoms with van der Waals surface area (Å²) in [7, 11) is 0. The minimum absolute atomic E-state index is 0.0902. The van der Waals surface area contributed by atoms with Crippen LogP contribution in [0.25, 0.3) is 0 Å². The maximum atomic E-state index is 12.9. The van der Waals surface area contributed by atoms with Crippen molar-refractivity contribution in [1.29, 1.82) is 0 Å². The molecule has 0 aliphatic heterocycles. The van der Waals surface area contributed by atoms with Gasteiger partial charge in [-0.05, 0) is 70.6 Å². The van der Waals surface area contributed by atoms with E-state index in [4.69, 9.17) is 14.2 Å². The summed E-state index contributed by atoms with van der Waals surface area (Å²) < 4.78 is 16.9. The summed E-state index contributed by atoms with van der Waals surface area (Å²) in [6.07, 6.45) is 84.5. The van der Waals surface area contributed by atoms with Crippen molar-refractivity contribution < 1.29 is 28.6 Å². The normalized spacial score (nSPS) is 12.6. The summed E-state index contributed by atoms with van der Waals surface area (Å²) in [5, 5.41) is 0. The summed E-state index contributed by atoms with van der Waals surface area (Å²) in [6.45, 7) is 6.52. The number of hydrogen-bond donors (Lipinski definition) is 0. The average molecular weight is 1060 g/mol. The highest BCUT2D eigenvalue weighted by Crippen LogP contribution is 2.17. The van der Waals surface area contributed by atoms with Gasteiger partial charge in [0.25, 0.3) is 0 Å². The Bertz CT molecular complexity index is 1450. The van der Waals surface area contributed by atoms with Gasteiger partial charge in [-0.25, -0.2) is 0 Å². The lowest BCUT2D eigenvalue weighted by Crippen LogP contribution is -2.30. The van der Waals surface area contributed by atoms with E-state index in [1.54, 1.807) is 0 Å². The van der Waals surface area contributed by atoms with Crippen molar-refractivity contribution in [2.45, 2.75) is 329 Å². The van der Waals surface area contributed by atoms with Gasteiger partial charge in [0.05, 0.1) is 0 Å². The van der Waals surface area contributed by atoms with Gasteiger partial charge in [0.2, 0.25) is 0 Å². The van der Waals surface area contributed by atoms with E-state index >= 15 is 0 Å². The molecule has 438 valence electrons. The van der Waals surface area contributed by atoms with Gasteiger partial charge in [0.15, 0.2) is 6.10 Å². The molecule has 0 aromatic rings. The number of ether oxygens (including phenoxy) is 3. The lowest BCUT2D eigenvalue weighted by molar-refractivity contribution is -0.167. The molecule has 0 saturated heterocycles. The third kappa shape index (κ3) is 61.4. The van der Waals surface area contributed by atoms with Crippen LogP contribution in [0.5, 0.6) is 0 Å². The topological polar surface area (TPSA) is 78.9 Å². The van der Waals surface area contributed by atoms with E-state index in [9.17, 15) is 14.4 Å². The molecular weight excluding hydrogens is 937 g/mol. The van der Waals surface area contributed by atoms with E-state index in [0.29, 0.717) is 19.3 Å². The molecule has 1 atom stereocenters. The van der Waals surface area contributed by atoms with Gasteiger partial charge in [-0.3, -0.25) is 14.4 Å². The molecule has 6 heteroatoms. The van der Waals surface area contributed by atoms with Crippen molar-refractivity contribution in [3.63, 3.8) is 0 Å². The number of hydrogen-bond acceptors (Lipinski definition) is 6. The Balaban J connectivity index is 4.42. The van der Waals surface area contributed by atoms with Crippen LogP contribution in [0.1, 0.15) is 323 Å². The molecule has 0 aliphatic carbocycles. The molecule has 0 N–H and O–H groups in total. The molecule has 1 unspecified atom stereocenters. The summed E-state index contributed by atoms with van der Waals surface area (Å²) in [4.78, 5) is 38.3. The van der Waals surface area contributed by atoms with Crippen LogP contribution in [-0.2, 0) is 28.6 Å². The second kappa shape index (κ2) is 64.1. The Hall–Kier alpha value is -3.41. The summed E-state index contributed by atoms with van der Waals surface area (Å²) in [5.41, 5.74) is 0. The smallest absolute Gasteiger partial charge is 0.306 e. The predicted octanol–water partition coefficient (Wildman–Crippen LogP) is 22.3. The van der Waals surface area contributed by atoms with Crippen LogP contribution in [0.3, 0.4) is 0 Å². The van der Waals surface area contributed by atoms with Gasteiger partial charge in [-0.2, -0.15) is 0 Å². The third-order valence-corrected chi connectivity index (χ3v) is 14.2. The van der Waals surface area contributed by atoms with Gasteiger partial charge >= 0.3 is 17.9 Å². The van der Waals surface area contributed by atoms with Crippen LogP contribution in [0.4, 0.5) is 0 Å². The number of allylic oxidation sites excluding steroid dienone is 14.